The lowest BCUT2D eigenvalue weighted by Crippen LogP contribution is -2.31. The van der Waals surface area contributed by atoms with E-state index in [2.05, 4.69) is 5.32 Å². The summed E-state index contributed by atoms with van der Waals surface area (Å²) in [7, 11) is 0. The Hall–Kier alpha value is -1.88. The summed E-state index contributed by atoms with van der Waals surface area (Å²) in [6.07, 6.45) is 1.27. The van der Waals surface area contributed by atoms with E-state index in [9.17, 15) is 9.18 Å². The molecular formula is C13H15FN2O2. The molecule has 3 N–H and O–H groups in total. The molecule has 0 unspecified atom stereocenters. The summed E-state index contributed by atoms with van der Waals surface area (Å²) in [5.41, 5.74) is 7.33. The van der Waals surface area contributed by atoms with E-state index in [0.717, 1.165) is 12.0 Å². The molecule has 1 aliphatic heterocycles. The molecule has 1 aromatic carbocycles. The highest BCUT2D eigenvalue weighted by molar-refractivity contribution is 5.97. The number of hydrogen-bond acceptors (Lipinski definition) is 3. The lowest BCUT2D eigenvalue weighted by Gasteiger charge is -2.17. The van der Waals surface area contributed by atoms with E-state index in [0.29, 0.717) is 29.8 Å². The van der Waals surface area contributed by atoms with Crippen LogP contribution in [-0.4, -0.2) is 25.6 Å². The van der Waals surface area contributed by atoms with Crippen LogP contribution in [0.4, 0.5) is 4.39 Å². The average Bonchev–Trinajstić information content (AvgIpc) is 2.41. The topological polar surface area (TPSA) is 64.3 Å². The second-order valence-corrected chi connectivity index (χ2v) is 4.09. The standard InChI is InChI=1S/C13H15FN2O2/c14-6-9(7-15)8-18-11-2-1-10-3-4-16-13(17)12(10)5-11/h1-2,5-6H,3-4,7-8,15H2,(H,16,17). The fourth-order valence-electron chi connectivity index (χ4n) is 1.79. The van der Waals surface area contributed by atoms with Crippen molar-refractivity contribution in [1.29, 1.82) is 0 Å². The zero-order valence-corrected chi connectivity index (χ0v) is 9.91. The Morgan fingerprint density at radius 2 is 2.39 bits per heavy atom. The summed E-state index contributed by atoms with van der Waals surface area (Å²) in [6, 6.07) is 5.32. The van der Waals surface area contributed by atoms with E-state index in [-0.39, 0.29) is 19.1 Å². The largest absolute Gasteiger partial charge is 0.489 e. The normalized spacial score (nSPS) is 15.0. The highest BCUT2D eigenvalue weighted by atomic mass is 19.1. The van der Waals surface area contributed by atoms with Gasteiger partial charge in [0, 0.05) is 24.2 Å². The maximum Gasteiger partial charge on any atom is 0.251 e. The van der Waals surface area contributed by atoms with Crippen LogP contribution in [0.2, 0.25) is 0 Å². The zero-order valence-electron chi connectivity index (χ0n) is 9.91. The van der Waals surface area contributed by atoms with E-state index in [4.69, 9.17) is 10.5 Å². The van der Waals surface area contributed by atoms with Crippen molar-refractivity contribution in [3.63, 3.8) is 0 Å². The van der Waals surface area contributed by atoms with Crippen LogP contribution >= 0.6 is 0 Å². The molecule has 2 rings (SSSR count). The van der Waals surface area contributed by atoms with Crippen molar-refractivity contribution >= 4 is 5.91 Å². The molecule has 5 heteroatoms. The van der Waals surface area contributed by atoms with Gasteiger partial charge in [0.05, 0.1) is 6.33 Å². The molecule has 0 aliphatic carbocycles. The molecule has 1 heterocycles. The molecule has 0 aromatic heterocycles. The van der Waals surface area contributed by atoms with Gasteiger partial charge >= 0.3 is 0 Å². The van der Waals surface area contributed by atoms with Gasteiger partial charge in [-0.1, -0.05) is 6.07 Å². The molecule has 1 aliphatic rings. The van der Waals surface area contributed by atoms with Gasteiger partial charge in [0.2, 0.25) is 0 Å². The molecule has 0 fully saturated rings. The molecule has 0 saturated carbocycles. The summed E-state index contributed by atoms with van der Waals surface area (Å²) in [4.78, 5) is 11.6. The number of hydrogen-bond donors (Lipinski definition) is 2. The molecule has 0 radical (unpaired) electrons. The van der Waals surface area contributed by atoms with E-state index in [1.54, 1.807) is 12.1 Å². The van der Waals surface area contributed by atoms with Crippen LogP contribution < -0.4 is 15.8 Å². The van der Waals surface area contributed by atoms with Crippen LogP contribution in [0.1, 0.15) is 15.9 Å². The van der Waals surface area contributed by atoms with Crippen LogP contribution in [0.15, 0.2) is 30.1 Å². The fourth-order valence-corrected chi connectivity index (χ4v) is 1.79. The molecule has 0 spiro atoms. The second kappa shape index (κ2) is 5.64. The summed E-state index contributed by atoms with van der Waals surface area (Å²) >= 11 is 0. The van der Waals surface area contributed by atoms with Gasteiger partial charge in [-0.2, -0.15) is 0 Å². The number of benzene rings is 1. The van der Waals surface area contributed by atoms with Crippen LogP contribution in [0.5, 0.6) is 5.75 Å². The summed E-state index contributed by atoms with van der Waals surface area (Å²) in [5, 5.41) is 2.77. The van der Waals surface area contributed by atoms with Crippen molar-refractivity contribution in [2.24, 2.45) is 5.73 Å². The summed E-state index contributed by atoms with van der Waals surface area (Å²) < 4.78 is 17.7. The van der Waals surface area contributed by atoms with Crippen molar-refractivity contribution in [2.45, 2.75) is 6.42 Å². The van der Waals surface area contributed by atoms with Crippen LogP contribution in [-0.2, 0) is 6.42 Å². The van der Waals surface area contributed by atoms with Gasteiger partial charge < -0.3 is 15.8 Å². The second-order valence-electron chi connectivity index (χ2n) is 4.09. The smallest absolute Gasteiger partial charge is 0.251 e. The van der Waals surface area contributed by atoms with E-state index in [1.807, 2.05) is 6.07 Å². The Bertz CT molecular complexity index is 486. The number of nitrogens with two attached hydrogens (primary N) is 1. The Morgan fingerprint density at radius 1 is 1.56 bits per heavy atom. The van der Waals surface area contributed by atoms with Crippen LogP contribution in [0.25, 0.3) is 0 Å². The first-order chi connectivity index (χ1) is 8.74. The minimum Gasteiger partial charge on any atom is -0.489 e. The monoisotopic (exact) mass is 250 g/mol. The summed E-state index contributed by atoms with van der Waals surface area (Å²) in [6.45, 7) is 0.864. The number of carbonyl (C=O) groups is 1. The van der Waals surface area contributed by atoms with Gasteiger partial charge in [0.25, 0.3) is 5.91 Å². The lowest BCUT2D eigenvalue weighted by atomic mass is 10.0. The Balaban J connectivity index is 2.11. The molecule has 1 amide bonds. The highest BCUT2D eigenvalue weighted by Crippen LogP contribution is 2.21. The lowest BCUT2D eigenvalue weighted by molar-refractivity contribution is 0.0945. The Morgan fingerprint density at radius 3 is 3.11 bits per heavy atom. The molecule has 0 saturated heterocycles. The SMILES string of the molecule is NCC(=CF)COc1ccc2c(c1)C(=O)NCC2. The molecule has 0 atom stereocenters. The number of fused-ring (bicyclic) bond motifs is 1. The van der Waals surface area contributed by atoms with E-state index in [1.165, 1.54) is 0 Å². The molecule has 1 aromatic rings. The van der Waals surface area contributed by atoms with Gasteiger partial charge in [-0.15, -0.1) is 0 Å². The number of nitrogens with one attached hydrogen (secondary N) is 1. The number of ether oxygens (including phenoxy) is 1. The van der Waals surface area contributed by atoms with Gasteiger partial charge in [-0.3, -0.25) is 4.79 Å². The predicted octanol–water partition coefficient (Wildman–Crippen LogP) is 1.16. The average molecular weight is 250 g/mol. The first kappa shape index (κ1) is 12.6. The van der Waals surface area contributed by atoms with Crippen LogP contribution in [0.3, 0.4) is 0 Å². The van der Waals surface area contributed by atoms with Crippen LogP contribution in [0, 0.1) is 0 Å². The number of halogens is 1. The minimum atomic E-state index is -0.0956. The van der Waals surface area contributed by atoms with Gasteiger partial charge in [-0.05, 0) is 24.1 Å². The third-order valence-electron chi connectivity index (χ3n) is 2.85. The maximum atomic E-state index is 12.3. The van der Waals surface area contributed by atoms with Gasteiger partial charge in [0.1, 0.15) is 12.4 Å². The van der Waals surface area contributed by atoms with Gasteiger partial charge in [0.15, 0.2) is 0 Å². The number of amides is 1. The Kier molecular flexibility index (Phi) is 3.94. The minimum absolute atomic E-state index is 0.0907. The third-order valence-corrected chi connectivity index (χ3v) is 2.85. The Labute approximate surface area is 105 Å². The van der Waals surface area contributed by atoms with Gasteiger partial charge in [-0.25, -0.2) is 4.39 Å². The number of carbonyl (C=O) groups excluding carboxylic acids is 1. The number of rotatable bonds is 4. The summed E-state index contributed by atoms with van der Waals surface area (Å²) in [5.74, 6) is 0.445. The highest BCUT2D eigenvalue weighted by Gasteiger charge is 2.16. The van der Waals surface area contributed by atoms with Crippen molar-refractivity contribution in [1.82, 2.24) is 5.32 Å². The molecular weight excluding hydrogens is 235 g/mol. The van der Waals surface area contributed by atoms with E-state index < -0.39 is 0 Å². The third kappa shape index (κ3) is 2.68. The fraction of sp³-hybridized carbons (Fsp3) is 0.308. The molecule has 0 bridgehead atoms. The molecule has 96 valence electrons. The maximum absolute atomic E-state index is 12.3. The van der Waals surface area contributed by atoms with Crippen molar-refractivity contribution < 1.29 is 13.9 Å². The first-order valence-corrected chi connectivity index (χ1v) is 5.76. The molecule has 18 heavy (non-hydrogen) atoms. The van der Waals surface area contributed by atoms with Crippen molar-refractivity contribution in [3.8, 4) is 5.75 Å². The van der Waals surface area contributed by atoms with E-state index >= 15 is 0 Å². The van der Waals surface area contributed by atoms with Crippen molar-refractivity contribution in [3.05, 3.63) is 41.2 Å². The predicted molar refractivity (Wildman–Crippen MR) is 66.2 cm³/mol. The zero-order chi connectivity index (χ0) is 13.0. The first-order valence-electron chi connectivity index (χ1n) is 5.76. The quantitative estimate of drug-likeness (QED) is 0.843. The van der Waals surface area contributed by atoms with Crippen molar-refractivity contribution in [2.75, 3.05) is 19.7 Å². The molecule has 4 nitrogen and oxygen atoms in total.